The number of hydrogen-bond acceptors (Lipinski definition) is 2. The van der Waals surface area contributed by atoms with Gasteiger partial charge in [-0.2, -0.15) is 0 Å². The number of rotatable bonds is 4. The van der Waals surface area contributed by atoms with E-state index in [1.807, 2.05) is 0 Å². The van der Waals surface area contributed by atoms with E-state index in [0.717, 1.165) is 11.8 Å². The molecule has 13 heavy (non-hydrogen) atoms. The fourth-order valence-electron chi connectivity index (χ4n) is 2.46. The molecule has 78 valence electrons. The summed E-state index contributed by atoms with van der Waals surface area (Å²) in [5.41, 5.74) is 0.377. The zero-order chi connectivity index (χ0) is 10.2. The molecule has 2 atom stereocenters. The van der Waals surface area contributed by atoms with Gasteiger partial charge in [-0.1, -0.05) is 27.7 Å². The lowest BCUT2D eigenvalue weighted by molar-refractivity contribution is 0.315. The van der Waals surface area contributed by atoms with Crippen LogP contribution in [0.5, 0.6) is 0 Å². The third-order valence-electron chi connectivity index (χ3n) is 3.09. The summed E-state index contributed by atoms with van der Waals surface area (Å²) in [6.07, 6.45) is 2.58. The van der Waals surface area contributed by atoms with Gasteiger partial charge in [-0.25, -0.2) is 10.0 Å². The molecule has 0 spiro atoms. The van der Waals surface area contributed by atoms with Crippen LogP contribution >= 0.6 is 0 Å². The van der Waals surface area contributed by atoms with E-state index in [-0.39, 0.29) is 0 Å². The zero-order valence-corrected chi connectivity index (χ0v) is 9.96. The standard InChI is InChI=1S/C11H24N2/c1-9(2)7-11(8-10(3)4)12(5)13(11)6/h9-10H,7-8H2,1-6H3. The monoisotopic (exact) mass is 184 g/mol. The predicted molar refractivity (Wildman–Crippen MR) is 57.2 cm³/mol. The van der Waals surface area contributed by atoms with Crippen molar-refractivity contribution in [3.63, 3.8) is 0 Å². The van der Waals surface area contributed by atoms with E-state index < -0.39 is 0 Å². The molecule has 2 unspecified atom stereocenters. The maximum atomic E-state index is 2.38. The molecule has 1 aliphatic heterocycles. The topological polar surface area (TPSA) is 6.02 Å². The van der Waals surface area contributed by atoms with Gasteiger partial charge in [0.15, 0.2) is 0 Å². The predicted octanol–water partition coefficient (Wildman–Crippen LogP) is 2.57. The Kier molecular flexibility index (Phi) is 3.03. The minimum absolute atomic E-state index is 0.377. The van der Waals surface area contributed by atoms with Crippen LogP contribution in [-0.4, -0.2) is 29.8 Å². The van der Waals surface area contributed by atoms with Crippen molar-refractivity contribution in [3.8, 4) is 0 Å². The van der Waals surface area contributed by atoms with Gasteiger partial charge >= 0.3 is 0 Å². The first-order chi connectivity index (χ1) is 5.90. The summed E-state index contributed by atoms with van der Waals surface area (Å²) in [4.78, 5) is 0. The summed E-state index contributed by atoms with van der Waals surface area (Å²) in [6.45, 7) is 9.23. The van der Waals surface area contributed by atoms with Gasteiger partial charge in [-0.05, 0) is 24.7 Å². The van der Waals surface area contributed by atoms with Crippen molar-refractivity contribution < 1.29 is 0 Å². The molecular formula is C11H24N2. The fourth-order valence-corrected chi connectivity index (χ4v) is 2.46. The summed E-state index contributed by atoms with van der Waals surface area (Å²) in [7, 11) is 4.40. The molecule has 2 heteroatoms. The Balaban J connectivity index is 2.57. The number of nitrogens with zero attached hydrogens (tertiary/aromatic N) is 2. The van der Waals surface area contributed by atoms with Crippen LogP contribution in [-0.2, 0) is 0 Å². The Morgan fingerprint density at radius 1 is 0.846 bits per heavy atom. The van der Waals surface area contributed by atoms with Crippen LogP contribution in [0.15, 0.2) is 0 Å². The van der Waals surface area contributed by atoms with Crippen molar-refractivity contribution in [3.05, 3.63) is 0 Å². The summed E-state index contributed by atoms with van der Waals surface area (Å²) >= 11 is 0. The quantitative estimate of drug-likeness (QED) is 0.619. The van der Waals surface area contributed by atoms with E-state index in [9.17, 15) is 0 Å². The van der Waals surface area contributed by atoms with Crippen LogP contribution in [0.1, 0.15) is 40.5 Å². The highest BCUT2D eigenvalue weighted by Gasteiger charge is 2.55. The Bertz CT molecular complexity index is 155. The first kappa shape index (κ1) is 11.0. The van der Waals surface area contributed by atoms with Crippen LogP contribution < -0.4 is 0 Å². The molecule has 0 aromatic heterocycles. The average Bonchev–Trinajstić information content (AvgIpc) is 2.38. The molecule has 0 radical (unpaired) electrons. The van der Waals surface area contributed by atoms with Crippen molar-refractivity contribution in [2.75, 3.05) is 14.1 Å². The highest BCUT2D eigenvalue weighted by molar-refractivity contribution is 4.98. The van der Waals surface area contributed by atoms with Gasteiger partial charge in [0.05, 0.1) is 0 Å². The van der Waals surface area contributed by atoms with Gasteiger partial charge in [0.1, 0.15) is 5.66 Å². The second-order valence-electron chi connectivity index (χ2n) is 5.23. The minimum Gasteiger partial charge on any atom is -0.222 e. The molecule has 0 aliphatic carbocycles. The molecule has 0 bridgehead atoms. The Morgan fingerprint density at radius 2 is 1.15 bits per heavy atom. The highest BCUT2D eigenvalue weighted by Crippen LogP contribution is 2.45. The molecular weight excluding hydrogens is 160 g/mol. The van der Waals surface area contributed by atoms with E-state index >= 15 is 0 Å². The van der Waals surface area contributed by atoms with E-state index in [1.165, 1.54) is 12.8 Å². The smallest absolute Gasteiger partial charge is 0.100 e. The Labute approximate surface area is 82.9 Å². The van der Waals surface area contributed by atoms with Crippen molar-refractivity contribution in [1.29, 1.82) is 0 Å². The van der Waals surface area contributed by atoms with E-state index in [2.05, 4.69) is 51.8 Å². The van der Waals surface area contributed by atoms with Gasteiger partial charge in [-0.15, -0.1) is 0 Å². The third kappa shape index (κ3) is 2.05. The Hall–Kier alpha value is -0.0800. The lowest BCUT2D eigenvalue weighted by Gasteiger charge is -2.19. The highest BCUT2D eigenvalue weighted by atomic mass is 15.9. The number of hydrogen-bond donors (Lipinski definition) is 0. The number of hydrazine groups is 1. The first-order valence-corrected chi connectivity index (χ1v) is 5.37. The maximum Gasteiger partial charge on any atom is 0.100 e. The maximum absolute atomic E-state index is 2.38. The van der Waals surface area contributed by atoms with Gasteiger partial charge in [0.25, 0.3) is 0 Å². The van der Waals surface area contributed by atoms with Crippen molar-refractivity contribution in [1.82, 2.24) is 10.0 Å². The van der Waals surface area contributed by atoms with Crippen LogP contribution in [0, 0.1) is 11.8 Å². The van der Waals surface area contributed by atoms with Gasteiger partial charge < -0.3 is 0 Å². The zero-order valence-electron chi connectivity index (χ0n) is 9.96. The van der Waals surface area contributed by atoms with Crippen LogP contribution in [0.25, 0.3) is 0 Å². The molecule has 0 amide bonds. The SMILES string of the molecule is CC(C)CC1(CC(C)C)N(C)N1C. The van der Waals surface area contributed by atoms with Crippen molar-refractivity contribution >= 4 is 0 Å². The van der Waals surface area contributed by atoms with Crippen LogP contribution in [0.3, 0.4) is 0 Å². The second kappa shape index (κ2) is 3.58. The van der Waals surface area contributed by atoms with Crippen molar-refractivity contribution in [2.45, 2.75) is 46.2 Å². The first-order valence-electron chi connectivity index (χ1n) is 5.37. The molecule has 1 aliphatic rings. The third-order valence-corrected chi connectivity index (χ3v) is 3.09. The van der Waals surface area contributed by atoms with Crippen molar-refractivity contribution in [2.24, 2.45) is 11.8 Å². The molecule has 0 saturated carbocycles. The van der Waals surface area contributed by atoms with E-state index in [0.29, 0.717) is 5.66 Å². The minimum atomic E-state index is 0.377. The lowest BCUT2D eigenvalue weighted by Crippen LogP contribution is -2.23. The molecule has 0 aromatic carbocycles. The lowest BCUT2D eigenvalue weighted by atomic mass is 9.92. The summed E-state index contributed by atoms with van der Waals surface area (Å²) in [5, 5.41) is 4.76. The second-order valence-corrected chi connectivity index (χ2v) is 5.23. The summed E-state index contributed by atoms with van der Waals surface area (Å²) in [5.74, 6) is 1.57. The molecule has 2 nitrogen and oxygen atoms in total. The molecule has 1 heterocycles. The average molecular weight is 184 g/mol. The largest absolute Gasteiger partial charge is 0.222 e. The molecule has 0 aromatic rings. The molecule has 1 rings (SSSR count). The van der Waals surface area contributed by atoms with E-state index in [1.54, 1.807) is 0 Å². The van der Waals surface area contributed by atoms with Gasteiger partial charge in [0, 0.05) is 14.1 Å². The van der Waals surface area contributed by atoms with Gasteiger partial charge in [0.2, 0.25) is 0 Å². The molecule has 0 N–H and O–H groups in total. The summed E-state index contributed by atoms with van der Waals surface area (Å²) in [6, 6.07) is 0. The molecule has 1 saturated heterocycles. The van der Waals surface area contributed by atoms with Gasteiger partial charge in [-0.3, -0.25) is 0 Å². The normalized spacial score (nSPS) is 31.4. The summed E-state index contributed by atoms with van der Waals surface area (Å²) < 4.78 is 0. The Morgan fingerprint density at radius 3 is 1.31 bits per heavy atom. The fraction of sp³-hybridized carbons (Fsp3) is 1.00. The van der Waals surface area contributed by atoms with Crippen LogP contribution in [0.2, 0.25) is 0 Å². The van der Waals surface area contributed by atoms with Crippen LogP contribution in [0.4, 0.5) is 0 Å². The molecule has 1 fully saturated rings. The van der Waals surface area contributed by atoms with E-state index in [4.69, 9.17) is 0 Å².